The van der Waals surface area contributed by atoms with E-state index >= 15 is 0 Å². The second-order valence-corrected chi connectivity index (χ2v) is 8.98. The minimum atomic E-state index is -0.442. The molecular formula is C22H17NO4S. The lowest BCUT2D eigenvalue weighted by Crippen LogP contribution is -2.40. The minimum Gasteiger partial charge on any atom is -0.422 e. The summed E-state index contributed by atoms with van der Waals surface area (Å²) in [5.41, 5.74) is 0.481. The first kappa shape index (κ1) is 16.2. The van der Waals surface area contributed by atoms with Crippen molar-refractivity contribution < 1.29 is 19.1 Å². The van der Waals surface area contributed by atoms with Gasteiger partial charge in [0, 0.05) is 6.07 Å². The number of esters is 1. The van der Waals surface area contributed by atoms with Crippen molar-refractivity contribution in [2.24, 2.45) is 35.5 Å². The van der Waals surface area contributed by atoms with Gasteiger partial charge in [-0.15, -0.1) is 11.3 Å². The molecule has 2 amide bonds. The molecule has 1 saturated heterocycles. The third-order valence-corrected chi connectivity index (χ3v) is 7.52. The summed E-state index contributed by atoms with van der Waals surface area (Å²) in [5.74, 6) is 0.743. The molecule has 0 N–H and O–H groups in total. The van der Waals surface area contributed by atoms with Crippen LogP contribution < -0.4 is 9.64 Å². The van der Waals surface area contributed by atoms with Gasteiger partial charge in [0.2, 0.25) is 11.8 Å². The van der Waals surface area contributed by atoms with E-state index in [2.05, 4.69) is 12.2 Å². The first-order valence-corrected chi connectivity index (χ1v) is 10.4. The van der Waals surface area contributed by atoms with Crippen LogP contribution in [0.1, 0.15) is 16.1 Å². The van der Waals surface area contributed by atoms with E-state index in [0.717, 1.165) is 6.42 Å². The summed E-state index contributed by atoms with van der Waals surface area (Å²) in [6.07, 6.45) is 5.46. The van der Waals surface area contributed by atoms with Gasteiger partial charge in [-0.2, -0.15) is 0 Å². The number of amides is 2. The zero-order valence-corrected chi connectivity index (χ0v) is 15.7. The first-order valence-electron chi connectivity index (χ1n) is 9.55. The summed E-state index contributed by atoms with van der Waals surface area (Å²) < 4.78 is 5.44. The zero-order valence-electron chi connectivity index (χ0n) is 14.9. The lowest BCUT2D eigenvalue weighted by molar-refractivity contribution is -0.124. The highest BCUT2D eigenvalue weighted by Crippen LogP contribution is 2.65. The van der Waals surface area contributed by atoms with Gasteiger partial charge in [-0.1, -0.05) is 24.3 Å². The molecule has 140 valence electrons. The zero-order chi connectivity index (χ0) is 19.0. The molecule has 28 heavy (non-hydrogen) atoms. The average Bonchev–Trinajstić information content (AvgIpc) is 3.26. The van der Waals surface area contributed by atoms with Gasteiger partial charge in [-0.3, -0.25) is 9.59 Å². The predicted octanol–water partition coefficient (Wildman–Crippen LogP) is 3.52. The van der Waals surface area contributed by atoms with Crippen LogP contribution in [-0.4, -0.2) is 17.8 Å². The molecule has 1 aromatic heterocycles. The van der Waals surface area contributed by atoms with Crippen molar-refractivity contribution in [3.8, 4) is 5.75 Å². The molecule has 2 aromatic rings. The summed E-state index contributed by atoms with van der Waals surface area (Å²) in [4.78, 5) is 40.4. The second kappa shape index (κ2) is 5.64. The average molecular weight is 391 g/mol. The monoisotopic (exact) mass is 391 g/mol. The molecule has 2 bridgehead atoms. The number of carbonyl (C=O) groups is 3. The largest absolute Gasteiger partial charge is 0.422 e. The maximum Gasteiger partial charge on any atom is 0.353 e. The van der Waals surface area contributed by atoms with Gasteiger partial charge in [0.25, 0.3) is 0 Å². The van der Waals surface area contributed by atoms with Crippen LogP contribution in [0.3, 0.4) is 0 Å². The number of nitrogens with zero attached hydrogens (tertiary/aromatic N) is 1. The normalized spacial score (nSPS) is 34.4. The van der Waals surface area contributed by atoms with E-state index < -0.39 is 5.97 Å². The Morgan fingerprint density at radius 3 is 2.36 bits per heavy atom. The molecule has 0 radical (unpaired) electrons. The van der Waals surface area contributed by atoms with Crippen molar-refractivity contribution in [2.45, 2.75) is 6.42 Å². The van der Waals surface area contributed by atoms with Crippen molar-refractivity contribution in [2.75, 3.05) is 4.90 Å². The van der Waals surface area contributed by atoms with Gasteiger partial charge < -0.3 is 4.74 Å². The van der Waals surface area contributed by atoms with Gasteiger partial charge in [0.15, 0.2) is 0 Å². The number of ether oxygens (including phenoxy) is 1. The number of thiophene rings is 1. The number of carbonyl (C=O) groups excluding carboxylic acids is 3. The number of benzene rings is 1. The van der Waals surface area contributed by atoms with E-state index in [1.807, 2.05) is 5.38 Å². The van der Waals surface area contributed by atoms with Crippen LogP contribution in [-0.2, 0) is 9.59 Å². The number of rotatable bonds is 3. The molecule has 1 aliphatic heterocycles. The Bertz CT molecular complexity index is 1010. The molecule has 5 nitrogen and oxygen atoms in total. The maximum atomic E-state index is 13.2. The van der Waals surface area contributed by atoms with Crippen LogP contribution in [0.25, 0.3) is 0 Å². The van der Waals surface area contributed by atoms with Gasteiger partial charge >= 0.3 is 5.97 Å². The Kier molecular flexibility index (Phi) is 3.27. The van der Waals surface area contributed by atoms with E-state index in [1.54, 1.807) is 36.4 Å². The van der Waals surface area contributed by atoms with Gasteiger partial charge in [0.1, 0.15) is 10.6 Å². The Morgan fingerprint density at radius 2 is 1.71 bits per heavy atom. The predicted molar refractivity (Wildman–Crippen MR) is 103 cm³/mol. The van der Waals surface area contributed by atoms with Crippen LogP contribution in [0.5, 0.6) is 5.75 Å². The highest BCUT2D eigenvalue weighted by molar-refractivity contribution is 7.12. The highest BCUT2D eigenvalue weighted by Gasteiger charge is 2.67. The molecule has 5 aliphatic rings. The van der Waals surface area contributed by atoms with Crippen molar-refractivity contribution in [3.63, 3.8) is 0 Å². The van der Waals surface area contributed by atoms with Crippen molar-refractivity contribution in [1.82, 2.24) is 0 Å². The molecule has 2 heterocycles. The maximum absolute atomic E-state index is 13.2. The van der Waals surface area contributed by atoms with Gasteiger partial charge in [-0.25, -0.2) is 9.69 Å². The molecule has 0 unspecified atom stereocenters. The Hall–Kier alpha value is -2.73. The minimum absolute atomic E-state index is 0.110. The van der Waals surface area contributed by atoms with E-state index in [4.69, 9.17) is 4.74 Å². The molecular weight excluding hydrogens is 374 g/mol. The van der Waals surface area contributed by atoms with E-state index in [9.17, 15) is 14.4 Å². The number of imide groups is 1. The summed E-state index contributed by atoms with van der Waals surface area (Å²) >= 11 is 1.31. The lowest BCUT2D eigenvalue weighted by Gasteiger charge is -2.37. The van der Waals surface area contributed by atoms with E-state index in [-0.39, 0.29) is 35.5 Å². The topological polar surface area (TPSA) is 63.7 Å². The molecule has 3 fully saturated rings. The van der Waals surface area contributed by atoms with Gasteiger partial charge in [-0.05, 0) is 53.7 Å². The van der Waals surface area contributed by atoms with Crippen LogP contribution in [0.2, 0.25) is 0 Å². The fourth-order valence-electron chi connectivity index (χ4n) is 5.45. The summed E-state index contributed by atoms with van der Waals surface area (Å²) in [5, 5.41) is 1.81. The summed E-state index contributed by atoms with van der Waals surface area (Å²) in [6.45, 7) is 0. The smallest absolute Gasteiger partial charge is 0.353 e. The molecule has 1 aromatic carbocycles. The van der Waals surface area contributed by atoms with E-state index in [1.165, 1.54) is 16.2 Å². The Labute approximate surface area is 165 Å². The third kappa shape index (κ3) is 2.15. The van der Waals surface area contributed by atoms with Gasteiger partial charge in [0.05, 0.1) is 17.5 Å². The van der Waals surface area contributed by atoms with Crippen molar-refractivity contribution in [1.29, 1.82) is 0 Å². The van der Waals surface area contributed by atoms with Crippen LogP contribution in [0, 0.1) is 35.5 Å². The number of hydrogen-bond donors (Lipinski definition) is 0. The van der Waals surface area contributed by atoms with Crippen LogP contribution in [0.4, 0.5) is 5.69 Å². The number of hydrogen-bond acceptors (Lipinski definition) is 5. The molecule has 2 saturated carbocycles. The molecule has 6 atom stereocenters. The van der Waals surface area contributed by atoms with Crippen LogP contribution in [0.15, 0.2) is 53.9 Å². The molecule has 0 spiro atoms. The fourth-order valence-corrected chi connectivity index (χ4v) is 6.05. The number of anilines is 1. The van der Waals surface area contributed by atoms with Crippen molar-refractivity contribution >= 4 is 34.8 Å². The summed E-state index contributed by atoms with van der Waals surface area (Å²) in [7, 11) is 0. The lowest BCUT2D eigenvalue weighted by atomic mass is 9.63. The van der Waals surface area contributed by atoms with Crippen molar-refractivity contribution in [3.05, 3.63) is 58.8 Å². The highest BCUT2D eigenvalue weighted by atomic mass is 32.1. The molecule has 4 aliphatic carbocycles. The Morgan fingerprint density at radius 1 is 1.00 bits per heavy atom. The third-order valence-electron chi connectivity index (χ3n) is 6.67. The fraction of sp³-hybridized carbons (Fsp3) is 0.318. The van der Waals surface area contributed by atoms with Crippen LogP contribution >= 0.6 is 11.3 Å². The first-order chi connectivity index (χ1) is 13.6. The summed E-state index contributed by atoms with van der Waals surface area (Å²) in [6, 6.07) is 10.2. The SMILES string of the molecule is O=C(Oc1cccc(N2C(=O)[C@H]3[C@@H]4C=C[C@@H]([C@H]5C[C@H]45)[C@@H]3C2=O)c1)c1cccs1. The van der Waals surface area contributed by atoms with E-state index in [0.29, 0.717) is 28.1 Å². The standard InChI is InChI=1S/C22H17NO4S/c24-20-18-13-6-7-14(16-10-15(13)16)19(18)21(25)23(20)11-3-1-4-12(9-11)27-22(26)17-5-2-8-28-17/h1-9,13-16,18-19H,10H2/t13-,14+,15-,16-,18+,19+/m1/s1. The Balaban J connectivity index is 1.30. The molecule has 7 rings (SSSR count). The quantitative estimate of drug-likeness (QED) is 0.348. The second-order valence-electron chi connectivity index (χ2n) is 8.03. The number of allylic oxidation sites excluding steroid dienone is 2. The molecule has 6 heteroatoms.